The van der Waals surface area contributed by atoms with Crippen molar-refractivity contribution in [1.29, 1.82) is 0 Å². The minimum Gasteiger partial charge on any atom is -0.391 e. The molecule has 5 N–H and O–H groups in total. The molecule has 3 aromatic rings. The third kappa shape index (κ3) is 8.11. The van der Waals surface area contributed by atoms with Gasteiger partial charge < -0.3 is 35.7 Å². The van der Waals surface area contributed by atoms with Gasteiger partial charge in [-0.25, -0.2) is 4.98 Å². The second-order valence-corrected chi connectivity index (χ2v) is 11.5. The van der Waals surface area contributed by atoms with Crippen molar-refractivity contribution in [2.24, 2.45) is 5.92 Å². The molecule has 1 aliphatic heterocycles. The molecule has 0 unspecified atom stereocenters. The van der Waals surface area contributed by atoms with Crippen LogP contribution in [-0.2, 0) is 25.6 Å². The molecular weight excluding hydrogens is 590 g/mol. The molecule has 1 aromatic carbocycles. The van der Waals surface area contributed by atoms with E-state index in [0.717, 1.165) is 5.56 Å². The number of hydrogen-bond donors (Lipinski definition) is 5. The van der Waals surface area contributed by atoms with Gasteiger partial charge in [0.1, 0.15) is 29.5 Å². The number of nitrogens with one attached hydrogen (secondary N) is 4. The van der Waals surface area contributed by atoms with Crippen molar-refractivity contribution in [3.05, 3.63) is 71.1 Å². The summed E-state index contributed by atoms with van der Waals surface area (Å²) in [7, 11) is 0. The quantitative estimate of drug-likeness (QED) is 0.271. The normalized spacial score (nSPS) is 21.5. The first-order chi connectivity index (χ1) is 20.9. The fourth-order valence-electron chi connectivity index (χ4n) is 4.81. The lowest BCUT2D eigenvalue weighted by atomic mass is 10.0. The molecule has 0 radical (unpaired) electrons. The predicted molar refractivity (Wildman–Crippen MR) is 162 cm³/mol. The maximum Gasteiger partial charge on any atom is 0.274 e. The van der Waals surface area contributed by atoms with Gasteiger partial charge in [0.25, 0.3) is 5.91 Å². The fraction of sp³-hybridized carbons (Fsp3) is 0.400. The van der Waals surface area contributed by atoms with Gasteiger partial charge in [-0.15, -0.1) is 0 Å². The molecule has 3 heterocycles. The van der Waals surface area contributed by atoms with Crippen LogP contribution in [0.3, 0.4) is 0 Å². The lowest BCUT2D eigenvalue weighted by Crippen LogP contribution is -2.60. The van der Waals surface area contributed by atoms with E-state index >= 15 is 0 Å². The molecule has 1 aliphatic rings. The number of amides is 5. The number of aliphatic hydroxyl groups is 1. The molecular formula is C30H36ClN7O6. The van der Waals surface area contributed by atoms with Crippen molar-refractivity contribution >= 4 is 46.8 Å². The van der Waals surface area contributed by atoms with Crippen molar-refractivity contribution in [3.63, 3.8) is 0 Å². The second-order valence-electron chi connectivity index (χ2n) is 11.0. The van der Waals surface area contributed by atoms with Gasteiger partial charge in [-0.3, -0.25) is 24.0 Å². The molecule has 2 aromatic heterocycles. The number of imidazole rings is 1. The molecule has 5 amide bonds. The Bertz CT molecular complexity index is 1530. The van der Waals surface area contributed by atoms with Gasteiger partial charge in [0.05, 0.1) is 17.7 Å². The summed E-state index contributed by atoms with van der Waals surface area (Å²) in [5.41, 5.74) is 1.25. The van der Waals surface area contributed by atoms with E-state index in [1.54, 1.807) is 60.8 Å². The Balaban J connectivity index is 1.64. The first-order valence-corrected chi connectivity index (χ1v) is 14.6. The first-order valence-electron chi connectivity index (χ1n) is 14.3. The van der Waals surface area contributed by atoms with Crippen LogP contribution in [0, 0.1) is 5.92 Å². The summed E-state index contributed by atoms with van der Waals surface area (Å²) in [6, 6.07) is 8.73. The number of halogens is 1. The summed E-state index contributed by atoms with van der Waals surface area (Å²) in [5, 5.41) is 21.4. The highest BCUT2D eigenvalue weighted by Gasteiger charge is 2.34. The largest absolute Gasteiger partial charge is 0.391 e. The maximum atomic E-state index is 13.5. The number of hydrogen-bond acceptors (Lipinski definition) is 7. The number of carbonyl (C=O) groups is 5. The molecule has 4 atom stereocenters. The minimum absolute atomic E-state index is 0.0420. The van der Waals surface area contributed by atoms with Crippen molar-refractivity contribution < 1.29 is 29.1 Å². The zero-order valence-electron chi connectivity index (χ0n) is 24.6. The third-order valence-electron chi connectivity index (χ3n) is 7.18. The Morgan fingerprint density at radius 1 is 0.955 bits per heavy atom. The Hall–Kier alpha value is -4.49. The SMILES string of the molecule is CC(C)[C@H]1NC(=O)CN(C(=O)c2cn3cc(Cl)ccc3n2)CCNC(=O)[C@H]([C@@H](C)O)NC(=O)[C@H](Cc2ccccc2)NC1=O. The van der Waals surface area contributed by atoms with Crippen molar-refractivity contribution in [1.82, 2.24) is 35.6 Å². The van der Waals surface area contributed by atoms with Gasteiger partial charge in [-0.1, -0.05) is 55.8 Å². The van der Waals surface area contributed by atoms with Crippen LogP contribution in [0.2, 0.25) is 5.02 Å². The van der Waals surface area contributed by atoms with Crippen LogP contribution >= 0.6 is 11.6 Å². The number of fused-ring (bicyclic) bond motifs is 1. The lowest BCUT2D eigenvalue weighted by molar-refractivity contribution is -0.135. The molecule has 14 heteroatoms. The van der Waals surface area contributed by atoms with Gasteiger partial charge in [-0.05, 0) is 30.5 Å². The van der Waals surface area contributed by atoms with Crippen LogP contribution in [-0.4, -0.2) is 92.8 Å². The van der Waals surface area contributed by atoms with E-state index in [-0.39, 0.29) is 31.1 Å². The molecule has 1 saturated heterocycles. The second kappa shape index (κ2) is 14.3. The van der Waals surface area contributed by atoms with Crippen molar-refractivity contribution in [2.75, 3.05) is 19.6 Å². The topological polar surface area (TPSA) is 174 Å². The highest BCUT2D eigenvalue weighted by molar-refractivity contribution is 6.30. The highest BCUT2D eigenvalue weighted by atomic mass is 35.5. The summed E-state index contributed by atoms with van der Waals surface area (Å²) >= 11 is 6.06. The summed E-state index contributed by atoms with van der Waals surface area (Å²) in [6.07, 6.45) is 1.88. The first kappa shape index (κ1) is 32.4. The van der Waals surface area contributed by atoms with Crippen LogP contribution in [0.25, 0.3) is 5.65 Å². The Labute approximate surface area is 259 Å². The van der Waals surface area contributed by atoms with Gasteiger partial charge >= 0.3 is 0 Å². The molecule has 44 heavy (non-hydrogen) atoms. The van der Waals surface area contributed by atoms with Gasteiger partial charge in [-0.2, -0.15) is 0 Å². The van der Waals surface area contributed by atoms with Crippen LogP contribution < -0.4 is 21.3 Å². The van der Waals surface area contributed by atoms with Crippen LogP contribution in [0.5, 0.6) is 0 Å². The maximum absolute atomic E-state index is 13.5. The zero-order chi connectivity index (χ0) is 32.0. The van der Waals surface area contributed by atoms with Crippen LogP contribution in [0.15, 0.2) is 54.9 Å². The number of benzene rings is 1. The van der Waals surface area contributed by atoms with E-state index in [1.165, 1.54) is 18.0 Å². The highest BCUT2D eigenvalue weighted by Crippen LogP contribution is 2.14. The van der Waals surface area contributed by atoms with E-state index in [2.05, 4.69) is 26.3 Å². The van der Waals surface area contributed by atoms with E-state index in [1.807, 2.05) is 6.07 Å². The zero-order valence-corrected chi connectivity index (χ0v) is 25.4. The Kier molecular flexibility index (Phi) is 10.6. The minimum atomic E-state index is -1.35. The summed E-state index contributed by atoms with van der Waals surface area (Å²) in [5.74, 6) is -3.59. The molecule has 4 rings (SSSR count). The molecule has 0 aliphatic carbocycles. The molecule has 1 fully saturated rings. The van der Waals surface area contributed by atoms with Crippen LogP contribution in [0.1, 0.15) is 36.8 Å². The number of pyridine rings is 1. The molecule has 0 saturated carbocycles. The van der Waals surface area contributed by atoms with E-state index < -0.39 is 60.3 Å². The predicted octanol–water partition coefficient (Wildman–Crippen LogP) is 0.294. The van der Waals surface area contributed by atoms with Crippen LogP contribution in [0.4, 0.5) is 0 Å². The fourth-order valence-corrected chi connectivity index (χ4v) is 4.98. The standard InChI is InChI=1S/C30H36ClN7O6/c1-17(2)25-29(43)34-21(13-19-7-5-4-6-8-19)27(41)36-26(18(3)39)28(42)32-11-12-37(16-24(40)35-25)30(44)22-15-38-14-20(31)9-10-23(38)33-22/h4-10,14-15,17-18,21,25-26,39H,11-13,16H2,1-3H3,(H,32,42)(H,34,43)(H,35,40)(H,36,41)/t18-,21+,25-,26+/m1/s1. The van der Waals surface area contributed by atoms with Gasteiger partial charge in [0, 0.05) is 31.9 Å². The summed E-state index contributed by atoms with van der Waals surface area (Å²) in [6.45, 7) is 4.18. The van der Waals surface area contributed by atoms with Gasteiger partial charge in [0.15, 0.2) is 0 Å². The van der Waals surface area contributed by atoms with E-state index in [4.69, 9.17) is 11.6 Å². The number of aromatic nitrogens is 2. The molecule has 0 spiro atoms. The number of aliphatic hydroxyl groups excluding tert-OH is 1. The monoisotopic (exact) mass is 625 g/mol. The molecule has 0 bridgehead atoms. The molecule has 234 valence electrons. The number of rotatable bonds is 5. The Morgan fingerprint density at radius 2 is 1.68 bits per heavy atom. The lowest BCUT2D eigenvalue weighted by Gasteiger charge is -2.27. The average molecular weight is 626 g/mol. The van der Waals surface area contributed by atoms with Gasteiger partial charge in [0.2, 0.25) is 23.6 Å². The van der Waals surface area contributed by atoms with Crippen molar-refractivity contribution in [2.45, 2.75) is 51.4 Å². The summed E-state index contributed by atoms with van der Waals surface area (Å²) in [4.78, 5) is 72.3. The smallest absolute Gasteiger partial charge is 0.274 e. The van der Waals surface area contributed by atoms with E-state index in [9.17, 15) is 29.1 Å². The Morgan fingerprint density at radius 3 is 2.36 bits per heavy atom. The van der Waals surface area contributed by atoms with Crippen molar-refractivity contribution in [3.8, 4) is 0 Å². The number of carbonyl (C=O) groups excluding carboxylic acids is 5. The molecule has 13 nitrogen and oxygen atoms in total. The summed E-state index contributed by atoms with van der Waals surface area (Å²) < 4.78 is 1.58. The number of nitrogens with zero attached hydrogens (tertiary/aromatic N) is 3. The van der Waals surface area contributed by atoms with E-state index in [0.29, 0.717) is 10.7 Å². The third-order valence-corrected chi connectivity index (χ3v) is 7.40. The average Bonchev–Trinajstić information content (AvgIpc) is 3.40.